The Morgan fingerprint density at radius 2 is 1.83 bits per heavy atom. The second kappa shape index (κ2) is 12.0. The minimum absolute atomic E-state index is 0.137. The van der Waals surface area contributed by atoms with Crippen molar-refractivity contribution in [2.75, 3.05) is 6.61 Å². The number of aromatic amines is 1. The number of nitrogens with zero attached hydrogens (tertiary/aromatic N) is 5. The lowest BCUT2D eigenvalue weighted by molar-refractivity contribution is 0.0429. The van der Waals surface area contributed by atoms with Gasteiger partial charge in [-0.2, -0.15) is 5.21 Å². The highest BCUT2D eigenvalue weighted by Gasteiger charge is 2.26. The normalized spacial score (nSPS) is 11.1. The Morgan fingerprint density at radius 3 is 2.46 bits per heavy atom. The van der Waals surface area contributed by atoms with E-state index in [9.17, 15) is 9.59 Å². The largest absolute Gasteiger partial charge is 0.519 e. The number of nitrogens with one attached hydrogen (secondary N) is 1. The Labute approximate surface area is 234 Å². The van der Waals surface area contributed by atoms with Gasteiger partial charge in [0, 0.05) is 18.7 Å². The van der Waals surface area contributed by atoms with Crippen LogP contribution in [0.1, 0.15) is 52.9 Å². The lowest BCUT2D eigenvalue weighted by Gasteiger charge is -2.13. The van der Waals surface area contributed by atoms with Gasteiger partial charge in [0.1, 0.15) is 12.4 Å². The van der Waals surface area contributed by atoms with Crippen LogP contribution in [0.25, 0.3) is 28.1 Å². The summed E-state index contributed by atoms with van der Waals surface area (Å²) in [6, 6.07) is 15.7. The number of rotatable bonds is 11. The van der Waals surface area contributed by atoms with Crippen LogP contribution in [0, 0.1) is 6.92 Å². The van der Waals surface area contributed by atoms with Crippen LogP contribution in [0.3, 0.4) is 0 Å². The van der Waals surface area contributed by atoms with E-state index in [-0.39, 0.29) is 30.4 Å². The zero-order valence-corrected chi connectivity index (χ0v) is 22.8. The SMILES string of the molecule is C=C(C)c1nc(COCC)n(Cc2ccc(-c3ccccc3-c3nn[nH]n3)cc2)c1C(=O)OCc1oc(=O)oc1C. The number of carbonyl (C=O) groups is 1. The molecular weight excluding hydrogens is 528 g/mol. The van der Waals surface area contributed by atoms with Gasteiger partial charge < -0.3 is 22.9 Å². The fraction of sp³-hybridized carbons (Fsp3) is 0.241. The standard InChI is InChI=1S/C29H28N6O6/c1-5-38-16-24-30-25(17(2)3)26(28(36)39-15-23-18(4)40-29(37)41-23)35(24)14-19-10-12-20(13-11-19)21-8-6-7-9-22(21)27-31-33-34-32-27/h6-13H,2,5,14-16H2,1,3-4H3,(H,31,32,33,34). The molecule has 0 amide bonds. The van der Waals surface area contributed by atoms with Crippen molar-refractivity contribution in [2.24, 2.45) is 0 Å². The maximum absolute atomic E-state index is 13.4. The predicted molar refractivity (Wildman–Crippen MR) is 148 cm³/mol. The summed E-state index contributed by atoms with van der Waals surface area (Å²) in [6.45, 7) is 9.92. The topological polar surface area (TPSA) is 151 Å². The average molecular weight is 557 g/mol. The molecule has 5 aromatic rings. The third-order valence-corrected chi connectivity index (χ3v) is 6.37. The lowest BCUT2D eigenvalue weighted by Crippen LogP contribution is -2.17. The summed E-state index contributed by atoms with van der Waals surface area (Å²) in [6.07, 6.45) is 0. The second-order valence-corrected chi connectivity index (χ2v) is 9.22. The van der Waals surface area contributed by atoms with Gasteiger partial charge in [0.05, 0.1) is 5.69 Å². The number of aryl methyl sites for hydroxylation is 1. The number of allylic oxidation sites excluding steroid dienone is 1. The van der Waals surface area contributed by atoms with E-state index in [0.29, 0.717) is 36.1 Å². The van der Waals surface area contributed by atoms with Crippen molar-refractivity contribution < 1.29 is 23.1 Å². The number of H-pyrrole nitrogens is 1. The van der Waals surface area contributed by atoms with E-state index in [0.717, 1.165) is 22.3 Å². The first kappa shape index (κ1) is 27.5. The van der Waals surface area contributed by atoms with Crippen molar-refractivity contribution in [3.8, 4) is 22.5 Å². The van der Waals surface area contributed by atoms with E-state index in [2.05, 4.69) is 32.2 Å². The Morgan fingerprint density at radius 1 is 1.07 bits per heavy atom. The molecule has 210 valence electrons. The Kier molecular flexibility index (Phi) is 8.01. The van der Waals surface area contributed by atoms with E-state index in [1.165, 1.54) is 0 Å². The van der Waals surface area contributed by atoms with Gasteiger partial charge in [-0.3, -0.25) is 0 Å². The number of hydrogen-bond donors (Lipinski definition) is 1. The Bertz CT molecular complexity index is 1730. The lowest BCUT2D eigenvalue weighted by atomic mass is 9.98. The van der Waals surface area contributed by atoms with Crippen LogP contribution < -0.4 is 5.82 Å². The molecule has 0 aliphatic carbocycles. The van der Waals surface area contributed by atoms with E-state index in [4.69, 9.17) is 18.3 Å². The summed E-state index contributed by atoms with van der Waals surface area (Å²) < 4.78 is 22.8. The highest BCUT2D eigenvalue weighted by atomic mass is 16.6. The van der Waals surface area contributed by atoms with Crippen molar-refractivity contribution in [3.05, 3.63) is 100 Å². The minimum Gasteiger partial charge on any atom is -0.453 e. The van der Waals surface area contributed by atoms with Crippen LogP contribution in [-0.4, -0.2) is 42.8 Å². The first-order valence-electron chi connectivity index (χ1n) is 12.9. The number of ether oxygens (including phenoxy) is 2. The number of benzene rings is 2. The predicted octanol–water partition coefficient (Wildman–Crippen LogP) is 4.56. The summed E-state index contributed by atoms with van der Waals surface area (Å²) in [5, 5.41) is 14.4. The fourth-order valence-corrected chi connectivity index (χ4v) is 4.36. The van der Waals surface area contributed by atoms with E-state index in [1.54, 1.807) is 18.4 Å². The molecule has 0 bridgehead atoms. The highest BCUT2D eigenvalue weighted by Crippen LogP contribution is 2.30. The number of esters is 1. The van der Waals surface area contributed by atoms with Gasteiger partial charge in [-0.05, 0) is 48.2 Å². The zero-order chi connectivity index (χ0) is 28.9. The smallest absolute Gasteiger partial charge is 0.453 e. The molecule has 0 saturated heterocycles. The van der Waals surface area contributed by atoms with Gasteiger partial charge in [0.25, 0.3) is 0 Å². The van der Waals surface area contributed by atoms with Crippen LogP contribution in [-0.2, 0) is 29.2 Å². The molecule has 3 aromatic heterocycles. The van der Waals surface area contributed by atoms with Crippen LogP contribution in [0.4, 0.5) is 0 Å². The average Bonchev–Trinajstić information content (AvgIpc) is 3.70. The van der Waals surface area contributed by atoms with Crippen LogP contribution in [0.15, 0.2) is 68.7 Å². The molecule has 0 saturated carbocycles. The third kappa shape index (κ3) is 5.92. The van der Waals surface area contributed by atoms with Crippen molar-refractivity contribution in [1.29, 1.82) is 0 Å². The summed E-state index contributed by atoms with van der Waals surface area (Å²) in [7, 11) is 0. The van der Waals surface area contributed by atoms with Crippen molar-refractivity contribution in [3.63, 3.8) is 0 Å². The fourth-order valence-electron chi connectivity index (χ4n) is 4.36. The molecule has 41 heavy (non-hydrogen) atoms. The summed E-state index contributed by atoms with van der Waals surface area (Å²) in [4.78, 5) is 29.5. The molecule has 0 radical (unpaired) electrons. The first-order chi connectivity index (χ1) is 19.9. The van der Waals surface area contributed by atoms with Crippen LogP contribution in [0.2, 0.25) is 0 Å². The van der Waals surface area contributed by atoms with Crippen molar-refractivity contribution in [2.45, 2.75) is 40.5 Å². The van der Waals surface area contributed by atoms with Gasteiger partial charge in [0.2, 0.25) is 5.82 Å². The maximum Gasteiger partial charge on any atom is 0.519 e. The molecule has 0 aliphatic rings. The molecule has 3 heterocycles. The monoisotopic (exact) mass is 556 g/mol. The molecule has 0 aliphatic heterocycles. The Hall–Kier alpha value is -5.10. The molecular formula is C29H28N6O6. The van der Waals surface area contributed by atoms with Crippen LogP contribution in [0.5, 0.6) is 0 Å². The number of aromatic nitrogens is 6. The number of imidazole rings is 1. The second-order valence-electron chi connectivity index (χ2n) is 9.22. The minimum atomic E-state index is -0.858. The highest BCUT2D eigenvalue weighted by molar-refractivity contribution is 5.93. The summed E-state index contributed by atoms with van der Waals surface area (Å²) in [5.41, 5.74) is 4.90. The van der Waals surface area contributed by atoms with Crippen molar-refractivity contribution in [1.82, 2.24) is 30.2 Å². The zero-order valence-electron chi connectivity index (χ0n) is 22.8. The van der Waals surface area contributed by atoms with E-state index >= 15 is 0 Å². The molecule has 0 spiro atoms. The van der Waals surface area contributed by atoms with Gasteiger partial charge >= 0.3 is 11.8 Å². The van der Waals surface area contributed by atoms with Gasteiger partial charge in [-0.25, -0.2) is 14.6 Å². The molecule has 12 heteroatoms. The Balaban J connectivity index is 1.47. The number of tetrazole rings is 1. The maximum atomic E-state index is 13.4. The molecule has 5 rings (SSSR count). The van der Waals surface area contributed by atoms with Crippen LogP contribution >= 0.6 is 0 Å². The number of hydrogen-bond acceptors (Lipinski definition) is 10. The molecule has 12 nitrogen and oxygen atoms in total. The molecule has 0 atom stereocenters. The van der Waals surface area contributed by atoms with Gasteiger partial charge in [-0.15, -0.1) is 10.2 Å². The first-order valence-corrected chi connectivity index (χ1v) is 12.9. The third-order valence-electron chi connectivity index (χ3n) is 6.37. The molecule has 0 unspecified atom stereocenters. The molecule has 1 N–H and O–H groups in total. The van der Waals surface area contributed by atoms with Gasteiger partial charge in [-0.1, -0.05) is 55.1 Å². The quantitative estimate of drug-likeness (QED) is 0.229. The molecule has 2 aromatic carbocycles. The summed E-state index contributed by atoms with van der Waals surface area (Å²) >= 11 is 0. The van der Waals surface area contributed by atoms with Crippen molar-refractivity contribution >= 4 is 11.5 Å². The van der Waals surface area contributed by atoms with E-state index in [1.807, 2.05) is 55.5 Å². The number of carbonyl (C=O) groups excluding carboxylic acids is 1. The molecule has 0 fully saturated rings. The summed E-state index contributed by atoms with van der Waals surface area (Å²) in [5.74, 6) is -0.0684. The van der Waals surface area contributed by atoms with Gasteiger partial charge in [0.15, 0.2) is 23.8 Å². The van der Waals surface area contributed by atoms with E-state index < -0.39 is 11.8 Å².